The maximum absolute atomic E-state index is 14.4. The van der Waals surface area contributed by atoms with Gasteiger partial charge in [0.1, 0.15) is 30.1 Å². The van der Waals surface area contributed by atoms with E-state index in [0.29, 0.717) is 63.4 Å². The fourth-order valence-electron chi connectivity index (χ4n) is 10.1. The largest absolute Gasteiger partial charge is 0.460 e. The average molecular weight is 914 g/mol. The molecular weight excluding hydrogens is 835 g/mol. The molecule has 4 rings (SSSR count). The van der Waals surface area contributed by atoms with Crippen molar-refractivity contribution in [3.8, 4) is 0 Å². The molecule has 3 heterocycles. The molecule has 3 N–H and O–H groups in total. The van der Waals surface area contributed by atoms with Gasteiger partial charge < -0.3 is 43.9 Å². The normalized spacial score (nSPS) is 40.4. The number of nitrogens with zero attached hydrogens (tertiary/aromatic N) is 1. The lowest BCUT2D eigenvalue weighted by Gasteiger charge is -2.42. The standard InChI is InChI=1S/C51H79NO13/c1-30-16-12-11-13-17-31(2)42(61-8)28-38-21-19-36(7)51(60,65-38)48(57)49(58)52-23-15-14-18-39(52)50(59)64-43(33(4)26-37-20-22-40(53)44(27-37)62-9)29-41(54)32(3)25-35(6)46(56)47(63-10)45(55)34(5)24-30/h11-13,16-17,25,30,32-34,36-40,42-44,46-47,53,56,60H,14-15,18-24,26-29H2,1-10H3/b13-11+,16-12+,31-17+,35-25+/t30-,32-,33-,34+,36-,37?,38+,39+,40-,42-,43?,44-,46-,47+,51-/m1/s1. The molecule has 65 heavy (non-hydrogen) atoms. The molecule has 0 spiro atoms. The van der Waals surface area contributed by atoms with Crippen LogP contribution in [0.3, 0.4) is 0 Å². The van der Waals surface area contributed by atoms with E-state index in [-0.39, 0.29) is 54.8 Å². The van der Waals surface area contributed by atoms with Crippen LogP contribution in [0.2, 0.25) is 0 Å². The van der Waals surface area contributed by atoms with Crippen molar-refractivity contribution < 1.29 is 63.0 Å². The molecule has 0 aromatic rings. The lowest BCUT2D eigenvalue weighted by Crippen LogP contribution is -2.61. The lowest BCUT2D eigenvalue weighted by atomic mass is 9.78. The van der Waals surface area contributed by atoms with Crippen molar-refractivity contribution in [2.45, 2.75) is 180 Å². The third-order valence-corrected chi connectivity index (χ3v) is 14.5. The van der Waals surface area contributed by atoms with Gasteiger partial charge in [-0.25, -0.2) is 4.79 Å². The van der Waals surface area contributed by atoms with Crippen LogP contribution in [0.25, 0.3) is 0 Å². The van der Waals surface area contributed by atoms with E-state index >= 15 is 0 Å². The second-order valence-corrected chi connectivity index (χ2v) is 19.6. The van der Waals surface area contributed by atoms with E-state index in [9.17, 15) is 39.3 Å². The van der Waals surface area contributed by atoms with Crippen LogP contribution in [0.1, 0.15) is 126 Å². The zero-order valence-electron chi connectivity index (χ0n) is 40.6. The first kappa shape index (κ1) is 54.2. The van der Waals surface area contributed by atoms with Crippen LogP contribution < -0.4 is 0 Å². The topological polar surface area (TPSA) is 195 Å². The molecule has 15 atom stereocenters. The highest BCUT2D eigenvalue weighted by Crippen LogP contribution is 2.38. The predicted molar refractivity (Wildman–Crippen MR) is 245 cm³/mol. The zero-order chi connectivity index (χ0) is 48.2. The maximum atomic E-state index is 14.4. The monoisotopic (exact) mass is 914 g/mol. The average Bonchev–Trinajstić information content (AvgIpc) is 3.28. The molecule has 14 heteroatoms. The Morgan fingerprint density at radius 1 is 0.846 bits per heavy atom. The summed E-state index contributed by atoms with van der Waals surface area (Å²) in [6, 6.07) is -1.14. The van der Waals surface area contributed by atoms with Gasteiger partial charge in [-0.15, -0.1) is 0 Å². The number of aliphatic hydroxyl groups excluding tert-OH is 2. The molecule has 3 aliphatic heterocycles. The van der Waals surface area contributed by atoms with Gasteiger partial charge in [0.05, 0.1) is 24.4 Å². The van der Waals surface area contributed by atoms with Crippen LogP contribution in [0, 0.1) is 35.5 Å². The van der Waals surface area contributed by atoms with E-state index in [1.165, 1.54) is 12.0 Å². The molecule has 1 aliphatic carbocycles. The quantitative estimate of drug-likeness (QED) is 0.156. The number of rotatable bonds is 6. The second-order valence-electron chi connectivity index (χ2n) is 19.6. The van der Waals surface area contributed by atoms with Crippen molar-refractivity contribution in [1.82, 2.24) is 4.90 Å². The minimum absolute atomic E-state index is 0.0193. The number of aliphatic hydroxyl groups is 3. The first-order valence-electron chi connectivity index (χ1n) is 23.9. The Morgan fingerprint density at radius 2 is 1.57 bits per heavy atom. The highest BCUT2D eigenvalue weighted by atomic mass is 16.6. The summed E-state index contributed by atoms with van der Waals surface area (Å²) >= 11 is 0. The van der Waals surface area contributed by atoms with Crippen LogP contribution in [-0.2, 0) is 47.7 Å². The van der Waals surface area contributed by atoms with Crippen LogP contribution in [0.15, 0.2) is 47.6 Å². The van der Waals surface area contributed by atoms with Crippen LogP contribution >= 0.6 is 0 Å². The Morgan fingerprint density at radius 3 is 2.25 bits per heavy atom. The number of amides is 1. The maximum Gasteiger partial charge on any atom is 0.329 e. The molecule has 0 aromatic carbocycles. The molecule has 2 bridgehead atoms. The van der Waals surface area contributed by atoms with Gasteiger partial charge in [0.15, 0.2) is 5.78 Å². The summed E-state index contributed by atoms with van der Waals surface area (Å²) in [7, 11) is 4.52. The minimum atomic E-state index is -2.43. The molecule has 2 saturated heterocycles. The zero-order valence-corrected chi connectivity index (χ0v) is 40.6. The number of hydrogen-bond donors (Lipinski definition) is 3. The summed E-state index contributed by atoms with van der Waals surface area (Å²) in [4.78, 5) is 71.8. The van der Waals surface area contributed by atoms with Gasteiger partial charge >= 0.3 is 5.97 Å². The summed E-state index contributed by atoms with van der Waals surface area (Å²) < 4.78 is 29.4. The van der Waals surface area contributed by atoms with Gasteiger partial charge in [-0.2, -0.15) is 0 Å². The van der Waals surface area contributed by atoms with Gasteiger partial charge in [-0.3, -0.25) is 19.2 Å². The van der Waals surface area contributed by atoms with Gasteiger partial charge in [0.2, 0.25) is 5.79 Å². The Balaban J connectivity index is 1.70. The third-order valence-electron chi connectivity index (χ3n) is 14.5. The van der Waals surface area contributed by atoms with Gasteiger partial charge in [-0.1, -0.05) is 71.1 Å². The van der Waals surface area contributed by atoms with Crippen LogP contribution in [0.5, 0.6) is 0 Å². The van der Waals surface area contributed by atoms with Crippen LogP contribution in [-0.4, -0.2) is 132 Å². The summed E-state index contributed by atoms with van der Waals surface area (Å²) in [5, 5.41) is 33.8. The Bertz CT molecular complexity index is 1760. The van der Waals surface area contributed by atoms with Gasteiger partial charge in [0, 0.05) is 58.5 Å². The number of piperidine rings is 1. The van der Waals surface area contributed by atoms with Crippen molar-refractivity contribution >= 4 is 29.2 Å². The highest BCUT2D eigenvalue weighted by Gasteiger charge is 2.53. The van der Waals surface area contributed by atoms with E-state index < -0.39 is 83.9 Å². The lowest BCUT2D eigenvalue weighted by molar-refractivity contribution is -0.265. The number of carbonyl (C=O) groups is 5. The second kappa shape index (κ2) is 25.1. The number of hydrogen-bond acceptors (Lipinski definition) is 13. The number of carbonyl (C=O) groups excluding carboxylic acids is 5. The smallest absolute Gasteiger partial charge is 0.329 e. The molecule has 1 amide bonds. The summed E-state index contributed by atoms with van der Waals surface area (Å²) in [6.07, 6.45) is 11.2. The van der Waals surface area contributed by atoms with E-state index in [2.05, 4.69) is 0 Å². The molecule has 4 aliphatic rings. The third kappa shape index (κ3) is 14.3. The number of methoxy groups -OCH3 is 3. The number of Topliss-reactive ketones (excluding diaryl/α,β-unsaturated/α-hetero) is 3. The van der Waals surface area contributed by atoms with Crippen molar-refractivity contribution in [3.05, 3.63) is 47.6 Å². The molecule has 1 saturated carbocycles. The molecule has 0 radical (unpaired) electrons. The van der Waals surface area contributed by atoms with E-state index in [1.54, 1.807) is 41.1 Å². The molecule has 0 aromatic heterocycles. The van der Waals surface area contributed by atoms with E-state index in [4.69, 9.17) is 23.7 Å². The first-order valence-corrected chi connectivity index (χ1v) is 23.9. The number of ketones is 3. The Kier molecular flexibility index (Phi) is 21.0. The van der Waals surface area contributed by atoms with E-state index in [0.717, 1.165) is 12.0 Å². The fraction of sp³-hybridized carbons (Fsp3) is 0.745. The number of allylic oxidation sites excluding steroid dienone is 6. The fourth-order valence-corrected chi connectivity index (χ4v) is 10.1. The van der Waals surface area contributed by atoms with Gasteiger partial charge in [0.25, 0.3) is 11.7 Å². The SMILES string of the molecule is CO[C@@H]1C[C@@H]2CC[C@@H](C)[C@@](O)(O2)C(=O)C(=O)N2CCCC[C@H]2C(=O)OC([C@H](C)CC2CC[C@@H](O)[C@H](OC)C2)CC(=O)[C@H](C)/C=C(\C)[C@@H](O)[C@@H](OC)C(=O)[C@@H](C)C[C@H](C)/C=C/C=C/C=C/1C. The highest BCUT2D eigenvalue weighted by molar-refractivity contribution is 6.39. The van der Waals surface area contributed by atoms with Crippen molar-refractivity contribution in [3.63, 3.8) is 0 Å². The first-order chi connectivity index (χ1) is 30.7. The van der Waals surface area contributed by atoms with Gasteiger partial charge in [-0.05, 0) is 107 Å². The van der Waals surface area contributed by atoms with Crippen molar-refractivity contribution in [1.29, 1.82) is 0 Å². The molecule has 3 fully saturated rings. The Hall–Kier alpha value is -3.37. The predicted octanol–water partition coefficient (Wildman–Crippen LogP) is 6.18. The number of esters is 1. The molecule has 366 valence electrons. The Labute approximate surface area is 387 Å². The minimum Gasteiger partial charge on any atom is -0.460 e. The number of ether oxygens (including phenoxy) is 5. The molecule has 14 nitrogen and oxygen atoms in total. The number of fused-ring (bicyclic) bond motifs is 3. The summed E-state index contributed by atoms with van der Waals surface area (Å²) in [6.45, 7) is 12.7. The van der Waals surface area contributed by atoms with E-state index in [1.807, 2.05) is 58.1 Å². The number of cyclic esters (lactones) is 1. The molecule has 2 unspecified atom stereocenters. The van der Waals surface area contributed by atoms with Crippen LogP contribution in [0.4, 0.5) is 0 Å². The summed E-state index contributed by atoms with van der Waals surface area (Å²) in [5.41, 5.74) is 1.27. The molecular formula is C51H79NO13. The van der Waals surface area contributed by atoms with Crippen molar-refractivity contribution in [2.24, 2.45) is 35.5 Å². The summed E-state index contributed by atoms with van der Waals surface area (Å²) in [5.74, 6) is -7.96. The van der Waals surface area contributed by atoms with Crippen molar-refractivity contribution in [2.75, 3.05) is 27.9 Å².